The van der Waals surface area contributed by atoms with Crippen LogP contribution >= 0.6 is 0 Å². The zero-order valence-electron chi connectivity index (χ0n) is 18.7. The summed E-state index contributed by atoms with van der Waals surface area (Å²) in [6.45, 7) is 8.39. The predicted octanol–water partition coefficient (Wildman–Crippen LogP) is 0.798. The molecule has 1 aromatic heterocycles. The fraction of sp³-hybridized carbons (Fsp3) is 0.778. The zero-order valence-corrected chi connectivity index (χ0v) is 19.5. The molecule has 0 unspecified atom stereocenters. The highest BCUT2D eigenvalue weighted by Gasteiger charge is 2.49. The molecule has 33 heavy (non-hydrogen) atoms. The number of hydrogen-bond acceptors (Lipinski definition) is 10. The molecule has 0 aromatic carbocycles. The largest absolute Gasteiger partial charge is 0.444 e. The van der Waals surface area contributed by atoms with Crippen molar-refractivity contribution >= 4 is 22.5 Å². The van der Waals surface area contributed by atoms with Crippen molar-refractivity contribution in [2.75, 3.05) is 32.7 Å². The second kappa shape index (κ2) is 8.70. The molecule has 0 radical (unpaired) electrons. The third-order valence-electron chi connectivity index (χ3n) is 5.65. The molecular weight excluding hydrogens is 460 g/mol. The molecule has 0 saturated carbocycles. The average Bonchev–Trinajstić information content (AvgIpc) is 3.26. The number of urea groups is 1. The molecular formula is C18H28N6O8S. The van der Waals surface area contributed by atoms with Gasteiger partial charge in [0, 0.05) is 32.7 Å². The van der Waals surface area contributed by atoms with E-state index < -0.39 is 34.1 Å². The summed E-state index contributed by atoms with van der Waals surface area (Å²) in [7, 11) is -4.80. The Morgan fingerprint density at radius 3 is 2.52 bits per heavy atom. The van der Waals surface area contributed by atoms with Gasteiger partial charge in [0.25, 0.3) is 0 Å². The summed E-state index contributed by atoms with van der Waals surface area (Å²) in [5, 5.41) is 8.86. The number of carbonyl (C=O) groups is 2. The number of carbonyl (C=O) groups excluding carboxylic acids is 2. The van der Waals surface area contributed by atoms with Crippen molar-refractivity contribution in [3.05, 3.63) is 11.8 Å². The molecule has 184 valence electrons. The van der Waals surface area contributed by atoms with Gasteiger partial charge in [-0.15, -0.1) is 14.5 Å². The minimum atomic E-state index is -4.80. The Kier molecular flexibility index (Phi) is 6.24. The van der Waals surface area contributed by atoms with E-state index >= 15 is 0 Å². The standard InChI is InChI=1S/C18H28N6O8S/c1-18(2,3)31-17(26)22-8-6-21(7-9-22)11-14-19-20-15(30-14)13-5-4-12-10-23(13)16(25)24(12)32-33(27,28)29/h12-13H,4-11H2,1-3H3,(H,27,28,29)/t12-,13+/m1/s1. The van der Waals surface area contributed by atoms with Crippen LogP contribution in [0, 0.1) is 0 Å². The van der Waals surface area contributed by atoms with Gasteiger partial charge in [0.1, 0.15) is 11.6 Å². The number of nitrogens with zero attached hydrogens (tertiary/aromatic N) is 6. The third kappa shape index (κ3) is 5.54. The molecule has 1 aromatic rings. The monoisotopic (exact) mass is 488 g/mol. The molecule has 3 saturated heterocycles. The molecule has 2 bridgehead atoms. The highest BCUT2D eigenvalue weighted by molar-refractivity contribution is 7.80. The maximum atomic E-state index is 12.6. The minimum absolute atomic E-state index is 0.226. The summed E-state index contributed by atoms with van der Waals surface area (Å²) >= 11 is 0. The highest BCUT2D eigenvalue weighted by atomic mass is 32.3. The van der Waals surface area contributed by atoms with Crippen LogP contribution < -0.4 is 0 Å². The lowest BCUT2D eigenvalue weighted by atomic mass is 10.0. The van der Waals surface area contributed by atoms with Gasteiger partial charge in [-0.3, -0.25) is 9.45 Å². The fourth-order valence-electron chi connectivity index (χ4n) is 4.16. The van der Waals surface area contributed by atoms with E-state index in [4.69, 9.17) is 13.7 Å². The Labute approximate surface area is 191 Å². The van der Waals surface area contributed by atoms with Crippen molar-refractivity contribution in [3.63, 3.8) is 0 Å². The molecule has 3 amide bonds. The Hall–Kier alpha value is -2.49. The second-order valence-electron chi connectivity index (χ2n) is 9.29. The van der Waals surface area contributed by atoms with E-state index in [0.29, 0.717) is 56.5 Å². The molecule has 2 atom stereocenters. The Bertz CT molecular complexity index is 1000. The van der Waals surface area contributed by atoms with Crippen molar-refractivity contribution in [3.8, 4) is 0 Å². The lowest BCUT2D eigenvalue weighted by molar-refractivity contribution is -0.0317. The van der Waals surface area contributed by atoms with Crippen LogP contribution in [0.1, 0.15) is 51.4 Å². The third-order valence-corrected chi connectivity index (χ3v) is 6.00. The molecule has 3 aliphatic heterocycles. The number of hydroxylamine groups is 2. The van der Waals surface area contributed by atoms with Crippen LogP contribution in [0.5, 0.6) is 0 Å². The number of piperazine rings is 1. The first-order valence-electron chi connectivity index (χ1n) is 10.7. The number of hydrogen-bond donors (Lipinski definition) is 1. The van der Waals surface area contributed by atoms with Gasteiger partial charge >= 0.3 is 22.5 Å². The Morgan fingerprint density at radius 1 is 1.18 bits per heavy atom. The van der Waals surface area contributed by atoms with Gasteiger partial charge in [0.05, 0.1) is 12.6 Å². The number of fused-ring (bicyclic) bond motifs is 2. The average molecular weight is 489 g/mol. The van der Waals surface area contributed by atoms with E-state index in [1.807, 2.05) is 20.8 Å². The molecule has 0 spiro atoms. The number of aromatic nitrogens is 2. The predicted molar refractivity (Wildman–Crippen MR) is 110 cm³/mol. The number of ether oxygens (including phenoxy) is 1. The first-order chi connectivity index (χ1) is 15.4. The topological polar surface area (TPSA) is 159 Å². The smallest absolute Gasteiger partial charge is 0.418 e. The van der Waals surface area contributed by atoms with E-state index in [1.54, 1.807) is 4.90 Å². The summed E-state index contributed by atoms with van der Waals surface area (Å²) in [6.07, 6.45) is 0.602. The van der Waals surface area contributed by atoms with Gasteiger partial charge in [-0.2, -0.15) is 13.5 Å². The van der Waals surface area contributed by atoms with Crippen LogP contribution in [-0.4, -0.2) is 99.4 Å². The molecule has 15 heteroatoms. The van der Waals surface area contributed by atoms with Crippen LogP contribution in [0.4, 0.5) is 9.59 Å². The van der Waals surface area contributed by atoms with Crippen LogP contribution in [0.25, 0.3) is 0 Å². The number of rotatable bonds is 5. The first kappa shape index (κ1) is 23.7. The highest BCUT2D eigenvalue weighted by Crippen LogP contribution is 2.38. The Balaban J connectivity index is 1.32. The van der Waals surface area contributed by atoms with Crippen molar-refractivity contribution < 1.29 is 36.0 Å². The van der Waals surface area contributed by atoms with Crippen LogP contribution in [0.2, 0.25) is 0 Å². The maximum Gasteiger partial charge on any atom is 0.418 e. The van der Waals surface area contributed by atoms with E-state index in [0.717, 1.165) is 0 Å². The van der Waals surface area contributed by atoms with E-state index in [2.05, 4.69) is 19.4 Å². The molecule has 3 fully saturated rings. The SMILES string of the molecule is CC(C)(C)OC(=O)N1CCN(Cc2nnc([C@@H]3CC[C@@H]4CN3C(=O)N4OS(=O)(=O)O)o2)CC1. The van der Waals surface area contributed by atoms with Gasteiger partial charge in [-0.1, -0.05) is 0 Å². The second-order valence-corrected chi connectivity index (χ2v) is 10.3. The molecule has 14 nitrogen and oxygen atoms in total. The quantitative estimate of drug-likeness (QED) is 0.584. The zero-order chi connectivity index (χ0) is 24.0. The normalized spacial score (nSPS) is 24.5. The first-order valence-corrected chi connectivity index (χ1v) is 12.1. The summed E-state index contributed by atoms with van der Waals surface area (Å²) in [5.41, 5.74) is -0.542. The van der Waals surface area contributed by atoms with E-state index in [1.165, 1.54) is 4.90 Å². The van der Waals surface area contributed by atoms with Crippen molar-refractivity contribution in [2.24, 2.45) is 0 Å². The van der Waals surface area contributed by atoms with Gasteiger partial charge < -0.3 is 19.0 Å². The van der Waals surface area contributed by atoms with E-state index in [9.17, 15) is 18.0 Å². The van der Waals surface area contributed by atoms with Crippen LogP contribution in [0.3, 0.4) is 0 Å². The molecule has 0 aliphatic carbocycles. The summed E-state index contributed by atoms with van der Waals surface area (Å²) in [6, 6.07) is -1.67. The Morgan fingerprint density at radius 2 is 1.88 bits per heavy atom. The molecule has 4 heterocycles. The van der Waals surface area contributed by atoms with Crippen molar-refractivity contribution in [1.29, 1.82) is 0 Å². The van der Waals surface area contributed by atoms with E-state index in [-0.39, 0.29) is 18.5 Å². The summed E-state index contributed by atoms with van der Waals surface area (Å²) in [4.78, 5) is 29.9. The van der Waals surface area contributed by atoms with Crippen LogP contribution in [0.15, 0.2) is 4.42 Å². The number of amides is 3. The van der Waals surface area contributed by atoms with Crippen LogP contribution in [-0.2, 0) is 26.0 Å². The summed E-state index contributed by atoms with van der Waals surface area (Å²) in [5.74, 6) is 0.647. The lowest BCUT2D eigenvalue weighted by Gasteiger charge is -2.34. The molecule has 4 rings (SSSR count). The molecule has 3 aliphatic rings. The van der Waals surface area contributed by atoms with Gasteiger partial charge in [-0.05, 0) is 33.6 Å². The van der Waals surface area contributed by atoms with Gasteiger partial charge in [-0.25, -0.2) is 9.59 Å². The fourth-order valence-corrected chi connectivity index (χ4v) is 4.55. The number of piperidine rings is 1. The van der Waals surface area contributed by atoms with Gasteiger partial charge in [0.2, 0.25) is 11.8 Å². The van der Waals surface area contributed by atoms with Gasteiger partial charge in [0.15, 0.2) is 0 Å². The van der Waals surface area contributed by atoms with Crippen molar-refractivity contribution in [2.45, 2.75) is 57.8 Å². The molecule has 1 N–H and O–H groups in total. The van der Waals surface area contributed by atoms with Crippen molar-refractivity contribution in [1.82, 2.24) is 30.0 Å². The lowest BCUT2D eigenvalue weighted by Crippen LogP contribution is -2.49. The maximum absolute atomic E-state index is 12.6. The minimum Gasteiger partial charge on any atom is -0.444 e. The summed E-state index contributed by atoms with van der Waals surface area (Å²) < 4.78 is 46.6.